The molecule has 22 heavy (non-hydrogen) atoms. The Morgan fingerprint density at radius 1 is 0.773 bits per heavy atom. The fourth-order valence-electron chi connectivity index (χ4n) is 2.33. The monoisotopic (exact) mass is 304 g/mol. The standard InChI is InChI=1S/C17H20O5/c1-19-13-8-6-5-7-12(13)16(18)11-9-14(20-2)17(22-4)15(10-11)21-3/h5-10,16,18H,1-4H3. The number of rotatable bonds is 6. The first-order valence-electron chi connectivity index (χ1n) is 6.77. The summed E-state index contributed by atoms with van der Waals surface area (Å²) in [6, 6.07) is 10.8. The van der Waals surface area contributed by atoms with E-state index in [0.717, 1.165) is 0 Å². The molecule has 0 radical (unpaired) electrons. The van der Waals surface area contributed by atoms with E-state index in [1.54, 1.807) is 25.3 Å². The van der Waals surface area contributed by atoms with Crippen LogP contribution in [0.3, 0.4) is 0 Å². The normalized spacial score (nSPS) is 11.7. The average molecular weight is 304 g/mol. The maximum absolute atomic E-state index is 10.7. The fourth-order valence-corrected chi connectivity index (χ4v) is 2.33. The third-order valence-corrected chi connectivity index (χ3v) is 3.44. The first-order chi connectivity index (χ1) is 10.7. The molecule has 0 aliphatic heterocycles. The maximum Gasteiger partial charge on any atom is 0.203 e. The Hall–Kier alpha value is -2.40. The molecular weight excluding hydrogens is 284 g/mol. The van der Waals surface area contributed by atoms with Gasteiger partial charge in [0, 0.05) is 5.56 Å². The summed E-state index contributed by atoms with van der Waals surface area (Å²) >= 11 is 0. The third-order valence-electron chi connectivity index (χ3n) is 3.44. The first kappa shape index (κ1) is 16.0. The van der Waals surface area contributed by atoms with Crippen LogP contribution in [0.1, 0.15) is 17.2 Å². The summed E-state index contributed by atoms with van der Waals surface area (Å²) in [5, 5.41) is 10.7. The van der Waals surface area contributed by atoms with Crippen LogP contribution >= 0.6 is 0 Å². The van der Waals surface area contributed by atoms with Crippen molar-refractivity contribution in [3.63, 3.8) is 0 Å². The molecule has 0 aromatic heterocycles. The zero-order valence-corrected chi connectivity index (χ0v) is 13.1. The topological polar surface area (TPSA) is 57.2 Å². The number of para-hydroxylation sites is 1. The number of methoxy groups -OCH3 is 4. The highest BCUT2D eigenvalue weighted by Gasteiger charge is 2.20. The van der Waals surface area contributed by atoms with Crippen LogP contribution in [-0.4, -0.2) is 33.5 Å². The van der Waals surface area contributed by atoms with E-state index in [1.165, 1.54) is 21.3 Å². The van der Waals surface area contributed by atoms with Crippen LogP contribution in [-0.2, 0) is 0 Å². The Morgan fingerprint density at radius 2 is 1.32 bits per heavy atom. The van der Waals surface area contributed by atoms with Crippen molar-refractivity contribution >= 4 is 0 Å². The smallest absolute Gasteiger partial charge is 0.203 e. The molecule has 1 N–H and O–H groups in total. The van der Waals surface area contributed by atoms with Gasteiger partial charge in [0.05, 0.1) is 28.4 Å². The van der Waals surface area contributed by atoms with E-state index in [0.29, 0.717) is 34.1 Å². The number of ether oxygens (including phenoxy) is 4. The van der Waals surface area contributed by atoms with E-state index < -0.39 is 6.10 Å². The van der Waals surface area contributed by atoms with Crippen LogP contribution in [0, 0.1) is 0 Å². The third kappa shape index (κ3) is 2.94. The Balaban J connectivity index is 2.52. The Bertz CT molecular complexity index is 614. The van der Waals surface area contributed by atoms with Crippen LogP contribution < -0.4 is 18.9 Å². The molecule has 0 amide bonds. The van der Waals surface area contributed by atoms with Gasteiger partial charge in [0.2, 0.25) is 5.75 Å². The zero-order valence-electron chi connectivity index (χ0n) is 13.1. The van der Waals surface area contributed by atoms with Gasteiger partial charge in [-0.2, -0.15) is 0 Å². The summed E-state index contributed by atoms with van der Waals surface area (Å²) < 4.78 is 21.2. The van der Waals surface area contributed by atoms with Crippen LogP contribution in [0.4, 0.5) is 0 Å². The van der Waals surface area contributed by atoms with Crippen molar-refractivity contribution in [3.8, 4) is 23.0 Å². The lowest BCUT2D eigenvalue weighted by molar-refractivity contribution is 0.213. The van der Waals surface area contributed by atoms with E-state index in [-0.39, 0.29) is 0 Å². The van der Waals surface area contributed by atoms with Crippen molar-refractivity contribution in [2.75, 3.05) is 28.4 Å². The van der Waals surface area contributed by atoms with E-state index in [1.807, 2.05) is 18.2 Å². The molecular formula is C17H20O5. The van der Waals surface area contributed by atoms with Gasteiger partial charge in [0.15, 0.2) is 11.5 Å². The predicted octanol–water partition coefficient (Wildman–Crippen LogP) is 2.80. The molecule has 1 unspecified atom stereocenters. The quantitative estimate of drug-likeness (QED) is 0.889. The van der Waals surface area contributed by atoms with Crippen molar-refractivity contribution in [3.05, 3.63) is 47.5 Å². The fraction of sp³-hybridized carbons (Fsp3) is 0.294. The molecule has 0 spiro atoms. The van der Waals surface area contributed by atoms with Gasteiger partial charge in [-0.05, 0) is 23.8 Å². The highest BCUT2D eigenvalue weighted by molar-refractivity contribution is 5.55. The van der Waals surface area contributed by atoms with Gasteiger partial charge < -0.3 is 24.1 Å². The Morgan fingerprint density at radius 3 is 1.82 bits per heavy atom. The first-order valence-corrected chi connectivity index (χ1v) is 6.77. The SMILES string of the molecule is COc1ccccc1C(O)c1cc(OC)c(OC)c(OC)c1. The van der Waals surface area contributed by atoms with E-state index in [2.05, 4.69) is 0 Å². The number of benzene rings is 2. The van der Waals surface area contributed by atoms with Crippen molar-refractivity contribution in [1.29, 1.82) is 0 Å². The molecule has 0 saturated carbocycles. The second-order valence-corrected chi connectivity index (χ2v) is 4.60. The largest absolute Gasteiger partial charge is 0.496 e. The average Bonchev–Trinajstić information content (AvgIpc) is 2.59. The molecule has 5 heteroatoms. The van der Waals surface area contributed by atoms with Crippen LogP contribution in [0.25, 0.3) is 0 Å². The second kappa shape index (κ2) is 7.04. The summed E-state index contributed by atoms with van der Waals surface area (Å²) in [4.78, 5) is 0. The van der Waals surface area contributed by atoms with Gasteiger partial charge in [-0.3, -0.25) is 0 Å². The van der Waals surface area contributed by atoms with Gasteiger partial charge in [-0.25, -0.2) is 0 Å². The van der Waals surface area contributed by atoms with Gasteiger partial charge >= 0.3 is 0 Å². The van der Waals surface area contributed by atoms with Crippen LogP contribution in [0.2, 0.25) is 0 Å². The summed E-state index contributed by atoms with van der Waals surface area (Å²) in [6.07, 6.45) is -0.871. The van der Waals surface area contributed by atoms with Gasteiger partial charge in [0.1, 0.15) is 11.9 Å². The van der Waals surface area contributed by atoms with Gasteiger partial charge in [-0.15, -0.1) is 0 Å². The summed E-state index contributed by atoms with van der Waals surface area (Å²) in [7, 11) is 6.19. The Kier molecular flexibility index (Phi) is 5.12. The minimum Gasteiger partial charge on any atom is -0.496 e. The number of hydrogen-bond acceptors (Lipinski definition) is 5. The minimum absolute atomic E-state index is 0.487. The lowest BCUT2D eigenvalue weighted by Crippen LogP contribution is -2.04. The van der Waals surface area contributed by atoms with E-state index in [9.17, 15) is 5.11 Å². The summed E-state index contributed by atoms with van der Waals surface area (Å²) in [6.45, 7) is 0. The van der Waals surface area contributed by atoms with E-state index >= 15 is 0 Å². The number of hydrogen-bond donors (Lipinski definition) is 1. The van der Waals surface area contributed by atoms with E-state index in [4.69, 9.17) is 18.9 Å². The molecule has 5 nitrogen and oxygen atoms in total. The highest BCUT2D eigenvalue weighted by atomic mass is 16.5. The molecule has 118 valence electrons. The van der Waals surface area contributed by atoms with Crippen molar-refractivity contribution < 1.29 is 24.1 Å². The minimum atomic E-state index is -0.871. The van der Waals surface area contributed by atoms with Crippen LogP contribution in [0.5, 0.6) is 23.0 Å². The second-order valence-electron chi connectivity index (χ2n) is 4.60. The highest BCUT2D eigenvalue weighted by Crippen LogP contribution is 2.41. The molecule has 0 aliphatic carbocycles. The lowest BCUT2D eigenvalue weighted by Gasteiger charge is -2.18. The van der Waals surface area contributed by atoms with Gasteiger partial charge in [-0.1, -0.05) is 18.2 Å². The van der Waals surface area contributed by atoms with Crippen LogP contribution in [0.15, 0.2) is 36.4 Å². The van der Waals surface area contributed by atoms with Crippen molar-refractivity contribution in [2.45, 2.75) is 6.10 Å². The molecule has 0 saturated heterocycles. The molecule has 0 bridgehead atoms. The number of aliphatic hydroxyl groups is 1. The molecule has 2 aromatic rings. The Labute approximate surface area is 130 Å². The molecule has 0 aliphatic rings. The van der Waals surface area contributed by atoms with Crippen molar-refractivity contribution in [2.24, 2.45) is 0 Å². The summed E-state index contributed by atoms with van der Waals surface area (Å²) in [5.74, 6) is 2.08. The molecule has 1 atom stereocenters. The predicted molar refractivity (Wildman–Crippen MR) is 83.2 cm³/mol. The maximum atomic E-state index is 10.7. The van der Waals surface area contributed by atoms with Gasteiger partial charge in [0.25, 0.3) is 0 Å². The molecule has 0 heterocycles. The lowest BCUT2D eigenvalue weighted by atomic mass is 9.99. The number of aliphatic hydroxyl groups excluding tert-OH is 1. The molecule has 0 fully saturated rings. The summed E-state index contributed by atoms with van der Waals surface area (Å²) in [5.41, 5.74) is 1.29. The van der Waals surface area contributed by atoms with Crippen molar-refractivity contribution in [1.82, 2.24) is 0 Å². The molecule has 2 rings (SSSR count). The zero-order chi connectivity index (χ0) is 16.1. The molecule has 2 aromatic carbocycles.